The average molecular weight is 356 g/mol. The Morgan fingerprint density at radius 2 is 1.48 bits per heavy atom. The molecule has 0 radical (unpaired) electrons. The van der Waals surface area contributed by atoms with Gasteiger partial charge < -0.3 is 5.32 Å². The van der Waals surface area contributed by atoms with E-state index >= 15 is 0 Å². The van der Waals surface area contributed by atoms with Crippen LogP contribution in [0.5, 0.6) is 0 Å². The highest BCUT2D eigenvalue weighted by Gasteiger charge is 2.41. The molecule has 0 aliphatic carbocycles. The summed E-state index contributed by atoms with van der Waals surface area (Å²) < 4.78 is 0. The van der Waals surface area contributed by atoms with Crippen LogP contribution in [0.4, 0.5) is 0 Å². The van der Waals surface area contributed by atoms with Crippen LogP contribution in [0.1, 0.15) is 108 Å². The predicted octanol–water partition coefficient (Wildman–Crippen LogP) is 5.45. The van der Waals surface area contributed by atoms with Crippen molar-refractivity contribution < 1.29 is 0 Å². The van der Waals surface area contributed by atoms with Crippen molar-refractivity contribution in [3.05, 3.63) is 0 Å². The van der Waals surface area contributed by atoms with Crippen LogP contribution >= 0.6 is 0 Å². The fourth-order valence-electron chi connectivity index (χ4n) is 3.49. The lowest BCUT2D eigenvalue weighted by Gasteiger charge is -2.49. The summed E-state index contributed by atoms with van der Waals surface area (Å²) in [5.41, 5.74) is 0.0359. The van der Waals surface area contributed by atoms with Gasteiger partial charge in [0.25, 0.3) is 0 Å². The van der Waals surface area contributed by atoms with Crippen molar-refractivity contribution in [3.8, 4) is 0 Å². The first-order valence-electron chi connectivity index (χ1n) is 10.9. The molecule has 0 rings (SSSR count). The first-order valence-corrected chi connectivity index (χ1v) is 10.9. The molecule has 4 atom stereocenters. The number of unbranched alkanes of at least 4 members (excludes halogenated alkanes) is 1. The van der Waals surface area contributed by atoms with Crippen molar-refractivity contribution in [2.24, 2.45) is 5.92 Å². The van der Waals surface area contributed by atoms with Crippen molar-refractivity contribution in [1.82, 2.24) is 16.0 Å². The van der Waals surface area contributed by atoms with Gasteiger partial charge in [0, 0.05) is 23.7 Å². The summed E-state index contributed by atoms with van der Waals surface area (Å²) in [5.74, 6) is 0.639. The molecule has 3 heteroatoms. The Morgan fingerprint density at radius 3 is 1.88 bits per heavy atom. The second-order valence-corrected chi connectivity index (χ2v) is 9.04. The number of hydrogen-bond donors (Lipinski definition) is 3. The van der Waals surface area contributed by atoms with Gasteiger partial charge in [-0.15, -0.1) is 0 Å². The molecule has 3 N–H and O–H groups in total. The lowest BCUT2D eigenvalue weighted by atomic mass is 9.87. The molecule has 0 aromatic heterocycles. The van der Waals surface area contributed by atoms with Gasteiger partial charge in [-0.05, 0) is 59.3 Å². The Hall–Kier alpha value is -0.120. The van der Waals surface area contributed by atoms with E-state index in [4.69, 9.17) is 0 Å². The van der Waals surface area contributed by atoms with Gasteiger partial charge in [-0.1, -0.05) is 54.4 Å². The second kappa shape index (κ2) is 11.6. The highest BCUT2D eigenvalue weighted by molar-refractivity contribution is 5.01. The van der Waals surface area contributed by atoms with Crippen molar-refractivity contribution in [1.29, 1.82) is 0 Å². The molecule has 152 valence electrons. The molecule has 0 aromatic rings. The molecule has 0 spiro atoms. The van der Waals surface area contributed by atoms with E-state index in [1.54, 1.807) is 0 Å². The Labute approximate surface area is 159 Å². The summed E-state index contributed by atoms with van der Waals surface area (Å²) in [7, 11) is 0. The first-order chi connectivity index (χ1) is 11.6. The van der Waals surface area contributed by atoms with Crippen molar-refractivity contribution >= 4 is 0 Å². The summed E-state index contributed by atoms with van der Waals surface area (Å²) in [6.07, 6.45) is 7.10. The van der Waals surface area contributed by atoms with Crippen LogP contribution in [0.25, 0.3) is 0 Å². The first kappa shape index (κ1) is 24.9. The fourth-order valence-corrected chi connectivity index (χ4v) is 3.49. The highest BCUT2D eigenvalue weighted by Crippen LogP contribution is 2.24. The summed E-state index contributed by atoms with van der Waals surface area (Å²) in [6.45, 7) is 23.1. The van der Waals surface area contributed by atoms with Crippen LogP contribution in [0.3, 0.4) is 0 Å². The monoisotopic (exact) mass is 355 g/mol. The molecule has 0 aromatic carbocycles. The van der Waals surface area contributed by atoms with Gasteiger partial charge in [-0.25, -0.2) is 0 Å². The minimum Gasteiger partial charge on any atom is -0.308 e. The molecule has 25 heavy (non-hydrogen) atoms. The highest BCUT2D eigenvalue weighted by atomic mass is 15.3. The molecule has 4 unspecified atom stereocenters. The Balaban J connectivity index is 5.56. The Kier molecular flexibility index (Phi) is 11.5. The van der Waals surface area contributed by atoms with Gasteiger partial charge in [0.05, 0.1) is 5.66 Å². The van der Waals surface area contributed by atoms with Crippen LogP contribution in [0.15, 0.2) is 0 Å². The summed E-state index contributed by atoms with van der Waals surface area (Å²) in [4.78, 5) is 0. The van der Waals surface area contributed by atoms with Crippen molar-refractivity contribution in [2.75, 3.05) is 0 Å². The van der Waals surface area contributed by atoms with E-state index in [2.05, 4.69) is 85.2 Å². The minimum atomic E-state index is -0.0788. The van der Waals surface area contributed by atoms with Crippen LogP contribution in [-0.4, -0.2) is 29.3 Å². The molecule has 0 saturated carbocycles. The number of hydrogen-bond acceptors (Lipinski definition) is 3. The molecule has 0 amide bonds. The average Bonchev–Trinajstić information content (AvgIpc) is 2.56. The molecular weight excluding hydrogens is 306 g/mol. The standard InChI is InChI=1S/C22H49N3/c1-11-15-16-18(7)24-22(14-4,25-21(9,10)13-3)20(12-2)23-19(8)17(5)6/h17-20,23-25H,11-16H2,1-10H3. The van der Waals surface area contributed by atoms with Crippen LogP contribution in [0.2, 0.25) is 0 Å². The van der Waals surface area contributed by atoms with Gasteiger partial charge in [-0.3, -0.25) is 10.6 Å². The van der Waals surface area contributed by atoms with Gasteiger partial charge >= 0.3 is 0 Å². The topological polar surface area (TPSA) is 36.1 Å². The van der Waals surface area contributed by atoms with E-state index < -0.39 is 0 Å². The van der Waals surface area contributed by atoms with E-state index in [1.807, 2.05) is 0 Å². The molecule has 0 aliphatic heterocycles. The van der Waals surface area contributed by atoms with E-state index in [0.717, 1.165) is 19.3 Å². The predicted molar refractivity (Wildman–Crippen MR) is 114 cm³/mol. The summed E-state index contributed by atoms with van der Waals surface area (Å²) in [6, 6.07) is 1.44. The van der Waals surface area contributed by atoms with E-state index in [0.29, 0.717) is 24.0 Å². The van der Waals surface area contributed by atoms with Gasteiger partial charge in [0.15, 0.2) is 0 Å². The quantitative estimate of drug-likeness (QED) is 0.362. The maximum atomic E-state index is 4.04. The van der Waals surface area contributed by atoms with E-state index in [1.165, 1.54) is 19.3 Å². The molecule has 3 nitrogen and oxygen atoms in total. The van der Waals surface area contributed by atoms with Gasteiger partial charge in [0.1, 0.15) is 0 Å². The Morgan fingerprint density at radius 1 is 0.880 bits per heavy atom. The normalized spacial score (nSPS) is 18.8. The van der Waals surface area contributed by atoms with Crippen LogP contribution < -0.4 is 16.0 Å². The zero-order valence-electron chi connectivity index (χ0n) is 19.1. The lowest BCUT2D eigenvalue weighted by Crippen LogP contribution is -2.73. The summed E-state index contributed by atoms with van der Waals surface area (Å²) in [5, 5.41) is 12.0. The van der Waals surface area contributed by atoms with Gasteiger partial charge in [-0.2, -0.15) is 0 Å². The second-order valence-electron chi connectivity index (χ2n) is 9.04. The maximum Gasteiger partial charge on any atom is 0.0848 e. The van der Waals surface area contributed by atoms with E-state index in [-0.39, 0.29) is 11.2 Å². The smallest absolute Gasteiger partial charge is 0.0848 e. The fraction of sp³-hybridized carbons (Fsp3) is 1.00. The van der Waals surface area contributed by atoms with Crippen LogP contribution in [0, 0.1) is 5.92 Å². The largest absolute Gasteiger partial charge is 0.308 e. The maximum absolute atomic E-state index is 4.04. The SMILES string of the molecule is CCCCC(C)NC(CC)(NC(C)(C)CC)C(CC)NC(C)C(C)C. The molecule has 0 heterocycles. The molecule has 0 fully saturated rings. The third-order valence-electron chi connectivity index (χ3n) is 5.96. The molecule has 0 saturated heterocycles. The third-order valence-corrected chi connectivity index (χ3v) is 5.96. The Bertz CT molecular complexity index is 340. The lowest BCUT2D eigenvalue weighted by molar-refractivity contribution is 0.0973. The molecule has 0 bridgehead atoms. The van der Waals surface area contributed by atoms with Crippen molar-refractivity contribution in [2.45, 2.75) is 137 Å². The zero-order chi connectivity index (χ0) is 19.7. The molecule has 0 aliphatic rings. The van der Waals surface area contributed by atoms with Crippen molar-refractivity contribution in [3.63, 3.8) is 0 Å². The minimum absolute atomic E-state index is 0.0788. The molecular formula is C22H49N3. The zero-order valence-corrected chi connectivity index (χ0v) is 19.1. The van der Waals surface area contributed by atoms with Gasteiger partial charge in [0.2, 0.25) is 0 Å². The van der Waals surface area contributed by atoms with E-state index in [9.17, 15) is 0 Å². The third kappa shape index (κ3) is 8.41. The number of nitrogens with one attached hydrogen (secondary N) is 3. The number of rotatable bonds is 14. The van der Waals surface area contributed by atoms with Crippen LogP contribution in [-0.2, 0) is 0 Å². The summed E-state index contributed by atoms with van der Waals surface area (Å²) >= 11 is 0.